The first-order valence-electron chi connectivity index (χ1n) is 7.23. The van der Waals surface area contributed by atoms with Crippen LogP contribution in [0.5, 0.6) is 0 Å². The highest BCUT2D eigenvalue weighted by molar-refractivity contribution is 8.16. The van der Waals surface area contributed by atoms with Gasteiger partial charge in [-0.15, -0.1) is 23.5 Å². The van der Waals surface area contributed by atoms with E-state index in [4.69, 9.17) is 23.2 Å². The van der Waals surface area contributed by atoms with Gasteiger partial charge in [0.05, 0.1) is 15.3 Å². The van der Waals surface area contributed by atoms with Gasteiger partial charge in [0.25, 0.3) is 5.91 Å². The molecule has 2 nitrogen and oxygen atoms in total. The van der Waals surface area contributed by atoms with Gasteiger partial charge in [0.1, 0.15) is 0 Å². The predicted octanol–water partition coefficient (Wildman–Crippen LogP) is 6.11. The monoisotopic (exact) mass is 383 g/mol. The van der Waals surface area contributed by atoms with Crippen molar-refractivity contribution in [1.29, 1.82) is 0 Å². The summed E-state index contributed by atoms with van der Waals surface area (Å²) in [5.41, 5.74) is 2.39. The van der Waals surface area contributed by atoms with Gasteiger partial charge in [0.2, 0.25) is 0 Å². The zero-order valence-corrected chi connectivity index (χ0v) is 15.4. The second-order valence-electron chi connectivity index (χ2n) is 5.13. The molecule has 1 fully saturated rings. The third kappa shape index (κ3) is 4.38. The minimum absolute atomic E-state index is 0.190. The van der Waals surface area contributed by atoms with Gasteiger partial charge in [0.15, 0.2) is 0 Å². The van der Waals surface area contributed by atoms with Gasteiger partial charge in [-0.2, -0.15) is 0 Å². The van der Waals surface area contributed by atoms with Crippen molar-refractivity contribution in [2.45, 2.75) is 11.0 Å². The largest absolute Gasteiger partial charge is 0.321 e. The Morgan fingerprint density at radius 1 is 1.04 bits per heavy atom. The number of hydrogen-bond donors (Lipinski definition) is 1. The first kappa shape index (κ1) is 17.0. The first-order chi connectivity index (χ1) is 11.1. The van der Waals surface area contributed by atoms with E-state index in [-0.39, 0.29) is 5.91 Å². The third-order valence-corrected chi connectivity index (χ3v) is 7.03. The molecule has 2 aromatic carbocycles. The number of benzene rings is 2. The molecule has 1 heterocycles. The molecule has 1 aliphatic heterocycles. The molecule has 1 aliphatic rings. The number of nitrogens with one attached hydrogen (secondary N) is 1. The Labute approximate surface area is 154 Å². The molecule has 1 N–H and O–H groups in total. The normalized spacial score (nSPS) is 15.4. The maximum atomic E-state index is 12.3. The fourth-order valence-corrected chi connectivity index (χ4v) is 5.49. The minimum Gasteiger partial charge on any atom is -0.321 e. The molecule has 2 aromatic rings. The van der Waals surface area contributed by atoms with Crippen molar-refractivity contribution in [3.63, 3.8) is 0 Å². The van der Waals surface area contributed by atoms with Crippen LogP contribution in [0.4, 0.5) is 5.69 Å². The van der Waals surface area contributed by atoms with Crippen molar-refractivity contribution in [1.82, 2.24) is 0 Å². The van der Waals surface area contributed by atoms with Gasteiger partial charge in [0, 0.05) is 10.6 Å². The molecule has 0 atom stereocenters. The smallest absolute Gasteiger partial charge is 0.255 e. The molecule has 0 radical (unpaired) electrons. The van der Waals surface area contributed by atoms with Crippen molar-refractivity contribution in [2.24, 2.45) is 0 Å². The summed E-state index contributed by atoms with van der Waals surface area (Å²) in [6, 6.07) is 12.8. The average molecular weight is 384 g/mol. The first-order valence-corrected chi connectivity index (χ1v) is 10.1. The highest BCUT2D eigenvalue weighted by atomic mass is 35.5. The zero-order chi connectivity index (χ0) is 16.2. The molecule has 0 aromatic heterocycles. The average Bonchev–Trinajstić information content (AvgIpc) is 2.59. The summed E-state index contributed by atoms with van der Waals surface area (Å²) >= 11 is 15.9. The number of carbonyl (C=O) groups excluding carboxylic acids is 1. The summed E-state index contributed by atoms with van der Waals surface area (Å²) in [6.07, 6.45) is 1.27. The molecule has 120 valence electrons. The molecule has 23 heavy (non-hydrogen) atoms. The Kier molecular flexibility index (Phi) is 5.81. The van der Waals surface area contributed by atoms with Gasteiger partial charge in [-0.25, -0.2) is 0 Å². The number of thioether (sulfide) groups is 2. The van der Waals surface area contributed by atoms with Crippen LogP contribution in [-0.4, -0.2) is 17.4 Å². The topological polar surface area (TPSA) is 29.1 Å². The summed E-state index contributed by atoms with van der Waals surface area (Å²) in [5.74, 6) is 2.21. The van der Waals surface area contributed by atoms with E-state index in [1.807, 2.05) is 47.8 Å². The number of rotatable bonds is 3. The molecule has 1 amide bonds. The maximum absolute atomic E-state index is 12.3. The number of carbonyl (C=O) groups is 1. The quantitative estimate of drug-likeness (QED) is 0.692. The van der Waals surface area contributed by atoms with Crippen LogP contribution in [0.3, 0.4) is 0 Å². The Balaban J connectivity index is 1.71. The van der Waals surface area contributed by atoms with Crippen LogP contribution in [0.2, 0.25) is 10.0 Å². The molecular formula is C17H15Cl2NOS2. The van der Waals surface area contributed by atoms with Crippen molar-refractivity contribution in [3.05, 3.63) is 63.6 Å². The number of hydrogen-bond acceptors (Lipinski definition) is 3. The van der Waals surface area contributed by atoms with Gasteiger partial charge in [-0.3, -0.25) is 4.79 Å². The Bertz CT molecular complexity index is 700. The van der Waals surface area contributed by atoms with Crippen molar-refractivity contribution >= 4 is 58.3 Å². The molecule has 0 aliphatic carbocycles. The highest BCUT2D eigenvalue weighted by Crippen LogP contribution is 2.43. The zero-order valence-electron chi connectivity index (χ0n) is 12.2. The number of anilines is 1. The van der Waals surface area contributed by atoms with E-state index in [0.717, 1.165) is 0 Å². The lowest BCUT2D eigenvalue weighted by Crippen LogP contribution is -2.12. The van der Waals surface area contributed by atoms with Crippen LogP contribution < -0.4 is 5.32 Å². The van der Waals surface area contributed by atoms with E-state index in [0.29, 0.717) is 25.9 Å². The molecule has 0 unspecified atom stereocenters. The third-order valence-electron chi connectivity index (χ3n) is 3.45. The van der Waals surface area contributed by atoms with Gasteiger partial charge >= 0.3 is 0 Å². The second-order valence-corrected chi connectivity index (χ2v) is 8.70. The standard InChI is InChI=1S/C17H15Cl2NOS2/c18-13-6-7-14(19)15(10-13)20-16(21)11-2-4-12(5-3-11)17-22-8-1-9-23-17/h2-7,10,17H,1,8-9H2,(H,20,21). The van der Waals surface area contributed by atoms with E-state index < -0.39 is 0 Å². The predicted molar refractivity (Wildman–Crippen MR) is 103 cm³/mol. The Hall–Kier alpha value is -0.810. The van der Waals surface area contributed by atoms with Gasteiger partial charge in [-0.05, 0) is 53.8 Å². The molecule has 6 heteroatoms. The second kappa shape index (κ2) is 7.84. The van der Waals surface area contributed by atoms with Gasteiger partial charge < -0.3 is 5.32 Å². The summed E-state index contributed by atoms with van der Waals surface area (Å²) in [4.78, 5) is 12.3. The maximum Gasteiger partial charge on any atom is 0.255 e. The molecule has 0 spiro atoms. The summed E-state index contributed by atoms with van der Waals surface area (Å²) in [5, 5.41) is 3.80. The van der Waals surface area contributed by atoms with Crippen LogP contribution in [0.25, 0.3) is 0 Å². The van der Waals surface area contributed by atoms with Crippen molar-refractivity contribution in [3.8, 4) is 0 Å². The van der Waals surface area contributed by atoms with E-state index in [2.05, 4.69) is 5.32 Å². The fraction of sp³-hybridized carbons (Fsp3) is 0.235. The summed E-state index contributed by atoms with van der Waals surface area (Å²) in [6.45, 7) is 0. The minimum atomic E-state index is -0.190. The summed E-state index contributed by atoms with van der Waals surface area (Å²) < 4.78 is 0.475. The lowest BCUT2D eigenvalue weighted by molar-refractivity contribution is 0.102. The fourth-order valence-electron chi connectivity index (χ4n) is 2.26. The lowest BCUT2D eigenvalue weighted by Gasteiger charge is -2.21. The van der Waals surface area contributed by atoms with Crippen LogP contribution in [-0.2, 0) is 0 Å². The lowest BCUT2D eigenvalue weighted by atomic mass is 10.1. The summed E-state index contributed by atoms with van der Waals surface area (Å²) in [7, 11) is 0. The molecular weight excluding hydrogens is 369 g/mol. The molecule has 0 bridgehead atoms. The van der Waals surface area contributed by atoms with E-state index in [1.54, 1.807) is 18.2 Å². The highest BCUT2D eigenvalue weighted by Gasteiger charge is 2.17. The van der Waals surface area contributed by atoms with Crippen molar-refractivity contribution in [2.75, 3.05) is 16.8 Å². The molecule has 1 saturated heterocycles. The molecule has 3 rings (SSSR count). The SMILES string of the molecule is O=C(Nc1cc(Cl)ccc1Cl)c1ccc(C2SCCCS2)cc1. The van der Waals surface area contributed by atoms with E-state index >= 15 is 0 Å². The Morgan fingerprint density at radius 2 is 1.74 bits per heavy atom. The van der Waals surface area contributed by atoms with Crippen LogP contribution in [0.15, 0.2) is 42.5 Å². The van der Waals surface area contributed by atoms with Crippen molar-refractivity contribution < 1.29 is 4.79 Å². The van der Waals surface area contributed by atoms with Crippen LogP contribution in [0.1, 0.15) is 26.9 Å². The van der Waals surface area contributed by atoms with Crippen LogP contribution >= 0.6 is 46.7 Å². The number of halogens is 2. The Morgan fingerprint density at radius 3 is 2.43 bits per heavy atom. The van der Waals surface area contributed by atoms with E-state index in [9.17, 15) is 4.79 Å². The van der Waals surface area contributed by atoms with Crippen LogP contribution in [0, 0.1) is 0 Å². The number of amides is 1. The molecule has 0 saturated carbocycles. The van der Waals surface area contributed by atoms with Gasteiger partial charge in [-0.1, -0.05) is 35.3 Å². The van der Waals surface area contributed by atoms with E-state index in [1.165, 1.54) is 23.5 Å².